The number of hydrogen-bond donors (Lipinski definition) is 0. The fraction of sp³-hybridized carbons (Fsp3) is 0.0625. The highest BCUT2D eigenvalue weighted by molar-refractivity contribution is 7.98. The average molecular weight is 324 g/mol. The van der Waals surface area contributed by atoms with Crippen molar-refractivity contribution in [3.63, 3.8) is 0 Å². The average Bonchev–Trinajstić information content (AvgIpc) is 3.23. The van der Waals surface area contributed by atoms with E-state index >= 15 is 0 Å². The molecule has 0 aliphatic carbocycles. The van der Waals surface area contributed by atoms with Crippen molar-refractivity contribution >= 4 is 28.7 Å². The van der Waals surface area contributed by atoms with Gasteiger partial charge in [-0.2, -0.15) is 9.61 Å². The van der Waals surface area contributed by atoms with E-state index in [2.05, 4.69) is 38.9 Å². The van der Waals surface area contributed by atoms with Gasteiger partial charge in [-0.3, -0.25) is 0 Å². The molecule has 0 saturated carbocycles. The van der Waals surface area contributed by atoms with Crippen LogP contribution >= 0.6 is 23.1 Å². The molecule has 1 aromatic carbocycles. The molecular weight excluding hydrogens is 312 g/mol. The molecule has 0 aliphatic rings. The standard InChI is InChI=1S/C16H12N4S2/c1-2-5-12(6-3-1)11-22-16-18-17-15-9-8-13(19-20(15)16)14-7-4-10-21-14/h1-10H,11H2. The Morgan fingerprint density at radius 1 is 0.955 bits per heavy atom. The van der Waals surface area contributed by atoms with E-state index in [1.807, 2.05) is 40.9 Å². The van der Waals surface area contributed by atoms with Crippen LogP contribution in [0.5, 0.6) is 0 Å². The van der Waals surface area contributed by atoms with Crippen molar-refractivity contribution < 1.29 is 0 Å². The first-order chi connectivity index (χ1) is 10.9. The molecule has 3 aromatic heterocycles. The van der Waals surface area contributed by atoms with Gasteiger partial charge in [0.2, 0.25) is 5.16 Å². The van der Waals surface area contributed by atoms with Crippen LogP contribution in [0.4, 0.5) is 0 Å². The second-order valence-electron chi connectivity index (χ2n) is 4.72. The summed E-state index contributed by atoms with van der Waals surface area (Å²) in [5.41, 5.74) is 2.98. The Hall–Kier alpha value is -2.18. The minimum absolute atomic E-state index is 0.774. The summed E-state index contributed by atoms with van der Waals surface area (Å²) in [6.07, 6.45) is 0. The molecule has 0 saturated heterocycles. The maximum atomic E-state index is 4.67. The van der Waals surface area contributed by atoms with Crippen molar-refractivity contribution in [3.05, 3.63) is 65.5 Å². The number of benzene rings is 1. The summed E-state index contributed by atoms with van der Waals surface area (Å²) in [4.78, 5) is 1.15. The molecule has 0 fully saturated rings. The van der Waals surface area contributed by atoms with Gasteiger partial charge >= 0.3 is 0 Å². The number of aromatic nitrogens is 4. The van der Waals surface area contributed by atoms with Gasteiger partial charge in [0.05, 0.1) is 4.88 Å². The molecule has 0 unspecified atom stereocenters. The third-order valence-electron chi connectivity index (χ3n) is 3.22. The number of fused-ring (bicyclic) bond motifs is 1. The van der Waals surface area contributed by atoms with Gasteiger partial charge in [-0.05, 0) is 29.1 Å². The largest absolute Gasteiger partial charge is 0.212 e. The molecule has 0 aliphatic heterocycles. The van der Waals surface area contributed by atoms with Crippen LogP contribution in [0.2, 0.25) is 0 Å². The summed E-state index contributed by atoms with van der Waals surface area (Å²) in [7, 11) is 0. The maximum Gasteiger partial charge on any atom is 0.212 e. The summed E-state index contributed by atoms with van der Waals surface area (Å²) in [5.74, 6) is 0.854. The first kappa shape index (κ1) is 13.5. The lowest BCUT2D eigenvalue weighted by molar-refractivity contribution is 0.813. The Morgan fingerprint density at radius 3 is 2.68 bits per heavy atom. The monoisotopic (exact) mass is 324 g/mol. The van der Waals surface area contributed by atoms with Gasteiger partial charge in [-0.15, -0.1) is 21.5 Å². The molecule has 3 heterocycles. The Balaban J connectivity index is 1.65. The van der Waals surface area contributed by atoms with E-state index in [9.17, 15) is 0 Å². The minimum atomic E-state index is 0.774. The fourth-order valence-electron chi connectivity index (χ4n) is 2.14. The Morgan fingerprint density at radius 2 is 1.86 bits per heavy atom. The molecule has 4 rings (SSSR count). The SMILES string of the molecule is c1ccc(CSc2nnc3ccc(-c4cccs4)nn23)cc1. The first-order valence-electron chi connectivity index (χ1n) is 6.83. The molecule has 0 N–H and O–H groups in total. The van der Waals surface area contributed by atoms with Crippen LogP contribution in [-0.4, -0.2) is 19.8 Å². The molecule has 0 atom stereocenters. The zero-order chi connectivity index (χ0) is 14.8. The second kappa shape index (κ2) is 5.90. The normalized spacial score (nSPS) is 11.1. The molecule has 6 heteroatoms. The van der Waals surface area contributed by atoms with Crippen LogP contribution in [-0.2, 0) is 5.75 Å². The van der Waals surface area contributed by atoms with Crippen LogP contribution in [0.1, 0.15) is 5.56 Å². The molecule has 0 amide bonds. The van der Waals surface area contributed by atoms with E-state index in [-0.39, 0.29) is 0 Å². The summed E-state index contributed by atoms with van der Waals surface area (Å²) in [6.45, 7) is 0. The lowest BCUT2D eigenvalue weighted by Gasteiger charge is -2.01. The van der Waals surface area contributed by atoms with E-state index in [0.29, 0.717) is 0 Å². The minimum Gasteiger partial charge on any atom is -0.187 e. The zero-order valence-corrected chi connectivity index (χ0v) is 13.2. The summed E-state index contributed by atoms with van der Waals surface area (Å²) in [5, 5.41) is 16.0. The first-order valence-corrected chi connectivity index (χ1v) is 8.70. The van der Waals surface area contributed by atoms with Crippen LogP contribution in [0.3, 0.4) is 0 Å². The number of thioether (sulfide) groups is 1. The third-order valence-corrected chi connectivity index (χ3v) is 5.10. The predicted octanol–water partition coefficient (Wildman–Crippen LogP) is 4.15. The number of rotatable bonds is 4. The Labute approximate surface area is 135 Å². The lowest BCUT2D eigenvalue weighted by Crippen LogP contribution is -1.95. The van der Waals surface area contributed by atoms with Crippen molar-refractivity contribution in [2.45, 2.75) is 10.9 Å². The van der Waals surface area contributed by atoms with Gasteiger partial charge in [0.15, 0.2) is 5.65 Å². The highest BCUT2D eigenvalue weighted by atomic mass is 32.2. The molecule has 4 aromatic rings. The molecule has 0 bridgehead atoms. The van der Waals surface area contributed by atoms with E-state index in [4.69, 9.17) is 0 Å². The van der Waals surface area contributed by atoms with E-state index in [1.54, 1.807) is 23.1 Å². The highest BCUT2D eigenvalue weighted by Crippen LogP contribution is 2.25. The smallest absolute Gasteiger partial charge is 0.187 e. The van der Waals surface area contributed by atoms with Crippen molar-refractivity contribution in [1.82, 2.24) is 19.8 Å². The number of nitrogens with zero attached hydrogens (tertiary/aromatic N) is 4. The molecule has 0 radical (unpaired) electrons. The number of thiophene rings is 1. The molecule has 22 heavy (non-hydrogen) atoms. The van der Waals surface area contributed by atoms with Crippen molar-refractivity contribution in [3.8, 4) is 10.6 Å². The van der Waals surface area contributed by atoms with Gasteiger partial charge in [-0.1, -0.05) is 48.2 Å². The van der Waals surface area contributed by atoms with Gasteiger partial charge in [0, 0.05) is 5.75 Å². The van der Waals surface area contributed by atoms with Gasteiger partial charge in [-0.25, -0.2) is 0 Å². The molecular formula is C16H12N4S2. The molecule has 108 valence electrons. The second-order valence-corrected chi connectivity index (χ2v) is 6.61. The van der Waals surface area contributed by atoms with Crippen LogP contribution in [0, 0.1) is 0 Å². The zero-order valence-electron chi connectivity index (χ0n) is 11.6. The van der Waals surface area contributed by atoms with E-state index < -0.39 is 0 Å². The Kier molecular flexibility index (Phi) is 3.62. The summed E-state index contributed by atoms with van der Waals surface area (Å²) in [6, 6.07) is 18.4. The van der Waals surface area contributed by atoms with Crippen molar-refractivity contribution in [2.75, 3.05) is 0 Å². The topological polar surface area (TPSA) is 43.1 Å². The van der Waals surface area contributed by atoms with Gasteiger partial charge < -0.3 is 0 Å². The molecule has 0 spiro atoms. The van der Waals surface area contributed by atoms with Crippen molar-refractivity contribution in [2.24, 2.45) is 0 Å². The predicted molar refractivity (Wildman–Crippen MR) is 90.1 cm³/mol. The van der Waals surface area contributed by atoms with Gasteiger partial charge in [0.25, 0.3) is 0 Å². The highest BCUT2D eigenvalue weighted by Gasteiger charge is 2.09. The lowest BCUT2D eigenvalue weighted by atomic mass is 10.2. The number of hydrogen-bond acceptors (Lipinski definition) is 5. The summed E-state index contributed by atoms with van der Waals surface area (Å²) < 4.78 is 1.82. The summed E-state index contributed by atoms with van der Waals surface area (Å²) >= 11 is 3.33. The van der Waals surface area contributed by atoms with Crippen molar-refractivity contribution in [1.29, 1.82) is 0 Å². The van der Waals surface area contributed by atoms with Crippen LogP contribution < -0.4 is 0 Å². The van der Waals surface area contributed by atoms with Crippen LogP contribution in [0.15, 0.2) is 65.1 Å². The third kappa shape index (κ3) is 2.63. The van der Waals surface area contributed by atoms with E-state index in [1.165, 1.54) is 5.56 Å². The van der Waals surface area contributed by atoms with Gasteiger partial charge in [0.1, 0.15) is 5.69 Å². The van der Waals surface area contributed by atoms with Crippen LogP contribution in [0.25, 0.3) is 16.2 Å². The van der Waals surface area contributed by atoms with E-state index in [0.717, 1.165) is 27.1 Å². The maximum absolute atomic E-state index is 4.67. The Bertz CT molecular complexity index is 885. The fourth-order valence-corrected chi connectivity index (χ4v) is 3.67. The molecule has 4 nitrogen and oxygen atoms in total. The quantitative estimate of drug-likeness (QED) is 0.529.